The Morgan fingerprint density at radius 3 is 2.63 bits per heavy atom. The molecule has 100 valence electrons. The smallest absolute Gasteiger partial charge is 0.116 e. The van der Waals surface area contributed by atoms with Gasteiger partial charge >= 0.3 is 0 Å². The maximum Gasteiger partial charge on any atom is 0.116 e. The highest BCUT2D eigenvalue weighted by atomic mass is 16.3. The Kier molecular flexibility index (Phi) is 4.58. The standard InChI is InChI=1S/C17H21NO/c1-3-13(2)18-12-15-7-4-5-10-17(15)14-8-6-9-16(19)11-14/h4-11,13,18-19H,3,12H2,1-2H3/t13-/m1/s1. The van der Waals surface area contributed by atoms with Crippen molar-refractivity contribution in [1.29, 1.82) is 0 Å². The molecule has 1 atom stereocenters. The summed E-state index contributed by atoms with van der Waals surface area (Å²) in [4.78, 5) is 0. The fraction of sp³-hybridized carbons (Fsp3) is 0.294. The minimum atomic E-state index is 0.308. The second-order valence-electron chi connectivity index (χ2n) is 4.90. The first-order chi connectivity index (χ1) is 9.20. The molecule has 0 aliphatic rings. The highest BCUT2D eigenvalue weighted by Crippen LogP contribution is 2.26. The van der Waals surface area contributed by atoms with Gasteiger partial charge in [-0.25, -0.2) is 0 Å². The van der Waals surface area contributed by atoms with Gasteiger partial charge in [0.05, 0.1) is 0 Å². The molecule has 2 rings (SSSR count). The van der Waals surface area contributed by atoms with Crippen LogP contribution in [0.1, 0.15) is 25.8 Å². The predicted octanol–water partition coefficient (Wildman–Crippen LogP) is 3.95. The van der Waals surface area contributed by atoms with E-state index in [0.717, 1.165) is 18.5 Å². The van der Waals surface area contributed by atoms with E-state index >= 15 is 0 Å². The fourth-order valence-corrected chi connectivity index (χ4v) is 2.06. The van der Waals surface area contributed by atoms with Gasteiger partial charge in [-0.2, -0.15) is 0 Å². The average molecular weight is 255 g/mol. The minimum absolute atomic E-state index is 0.308. The second-order valence-corrected chi connectivity index (χ2v) is 4.90. The van der Waals surface area contributed by atoms with Gasteiger partial charge in [-0.3, -0.25) is 0 Å². The van der Waals surface area contributed by atoms with Crippen molar-refractivity contribution in [3.63, 3.8) is 0 Å². The lowest BCUT2D eigenvalue weighted by atomic mass is 9.99. The number of phenols is 1. The van der Waals surface area contributed by atoms with Gasteiger partial charge in [0.15, 0.2) is 0 Å². The second kappa shape index (κ2) is 6.39. The van der Waals surface area contributed by atoms with Gasteiger partial charge in [0.1, 0.15) is 5.75 Å². The van der Waals surface area contributed by atoms with E-state index in [1.54, 1.807) is 6.07 Å². The van der Waals surface area contributed by atoms with Crippen molar-refractivity contribution in [2.75, 3.05) is 0 Å². The number of hydrogen-bond acceptors (Lipinski definition) is 2. The summed E-state index contributed by atoms with van der Waals surface area (Å²) in [7, 11) is 0. The summed E-state index contributed by atoms with van der Waals surface area (Å²) in [6.45, 7) is 5.22. The number of aromatic hydroxyl groups is 1. The molecule has 0 fully saturated rings. The highest BCUT2D eigenvalue weighted by molar-refractivity contribution is 5.68. The largest absolute Gasteiger partial charge is 0.508 e. The summed E-state index contributed by atoms with van der Waals surface area (Å²) >= 11 is 0. The predicted molar refractivity (Wildman–Crippen MR) is 80.1 cm³/mol. The topological polar surface area (TPSA) is 32.3 Å². The first kappa shape index (κ1) is 13.6. The van der Waals surface area contributed by atoms with Crippen LogP contribution in [0, 0.1) is 0 Å². The van der Waals surface area contributed by atoms with Gasteiger partial charge in [0.2, 0.25) is 0 Å². The van der Waals surface area contributed by atoms with Gasteiger partial charge in [0, 0.05) is 12.6 Å². The van der Waals surface area contributed by atoms with E-state index in [1.807, 2.05) is 24.3 Å². The van der Waals surface area contributed by atoms with Crippen LogP contribution in [-0.4, -0.2) is 11.1 Å². The molecule has 19 heavy (non-hydrogen) atoms. The highest BCUT2D eigenvalue weighted by Gasteiger charge is 2.06. The zero-order chi connectivity index (χ0) is 13.7. The molecule has 0 heterocycles. The molecule has 0 aromatic heterocycles. The van der Waals surface area contributed by atoms with Crippen LogP contribution in [-0.2, 0) is 6.54 Å². The Bertz CT molecular complexity index is 536. The molecule has 0 amide bonds. The normalized spacial score (nSPS) is 12.3. The molecule has 2 nitrogen and oxygen atoms in total. The zero-order valence-corrected chi connectivity index (χ0v) is 11.6. The van der Waals surface area contributed by atoms with E-state index in [1.165, 1.54) is 11.1 Å². The first-order valence-corrected chi connectivity index (χ1v) is 6.81. The maximum atomic E-state index is 9.61. The Hall–Kier alpha value is -1.80. The number of hydrogen-bond donors (Lipinski definition) is 2. The van der Waals surface area contributed by atoms with Crippen LogP contribution in [0.2, 0.25) is 0 Å². The Balaban J connectivity index is 2.26. The van der Waals surface area contributed by atoms with Gasteiger partial charge in [-0.1, -0.05) is 43.3 Å². The Morgan fingerprint density at radius 1 is 1.11 bits per heavy atom. The van der Waals surface area contributed by atoms with Crippen molar-refractivity contribution in [2.45, 2.75) is 32.9 Å². The van der Waals surface area contributed by atoms with E-state index < -0.39 is 0 Å². The number of rotatable bonds is 5. The van der Waals surface area contributed by atoms with E-state index in [0.29, 0.717) is 11.8 Å². The molecule has 2 heteroatoms. The SMILES string of the molecule is CC[C@@H](C)NCc1ccccc1-c1cccc(O)c1. The minimum Gasteiger partial charge on any atom is -0.508 e. The van der Waals surface area contributed by atoms with E-state index in [4.69, 9.17) is 0 Å². The van der Waals surface area contributed by atoms with Crippen LogP contribution in [0.3, 0.4) is 0 Å². The molecule has 2 aromatic rings. The summed E-state index contributed by atoms with van der Waals surface area (Å²) in [6.07, 6.45) is 1.12. The quantitative estimate of drug-likeness (QED) is 0.848. The monoisotopic (exact) mass is 255 g/mol. The van der Waals surface area contributed by atoms with Crippen LogP contribution in [0.4, 0.5) is 0 Å². The molecule has 0 saturated carbocycles. The van der Waals surface area contributed by atoms with Crippen molar-refractivity contribution in [2.24, 2.45) is 0 Å². The maximum absolute atomic E-state index is 9.61. The van der Waals surface area contributed by atoms with Gasteiger partial charge in [-0.05, 0) is 42.2 Å². The molecule has 2 N–H and O–H groups in total. The lowest BCUT2D eigenvalue weighted by Crippen LogP contribution is -2.24. The van der Waals surface area contributed by atoms with Crippen LogP contribution < -0.4 is 5.32 Å². The van der Waals surface area contributed by atoms with Crippen molar-refractivity contribution in [3.05, 3.63) is 54.1 Å². The molecule has 0 aliphatic heterocycles. The fourth-order valence-electron chi connectivity index (χ4n) is 2.06. The van der Waals surface area contributed by atoms with Crippen molar-refractivity contribution < 1.29 is 5.11 Å². The summed E-state index contributed by atoms with van der Waals surface area (Å²) in [5.74, 6) is 0.308. The summed E-state index contributed by atoms with van der Waals surface area (Å²) < 4.78 is 0. The van der Waals surface area contributed by atoms with Crippen molar-refractivity contribution in [3.8, 4) is 16.9 Å². The third kappa shape index (κ3) is 3.58. The lowest BCUT2D eigenvalue weighted by Gasteiger charge is -2.14. The molecular weight excluding hydrogens is 234 g/mol. The Morgan fingerprint density at radius 2 is 1.89 bits per heavy atom. The molecule has 0 aliphatic carbocycles. The van der Waals surface area contributed by atoms with Crippen molar-refractivity contribution in [1.82, 2.24) is 5.32 Å². The molecular formula is C17H21NO. The van der Waals surface area contributed by atoms with Crippen LogP contribution in [0.25, 0.3) is 11.1 Å². The van der Waals surface area contributed by atoms with Crippen molar-refractivity contribution >= 4 is 0 Å². The lowest BCUT2D eigenvalue weighted by molar-refractivity contribution is 0.475. The Labute approximate surface area is 115 Å². The number of phenolic OH excluding ortho intramolecular Hbond substituents is 1. The van der Waals surface area contributed by atoms with E-state index in [9.17, 15) is 5.11 Å². The van der Waals surface area contributed by atoms with E-state index in [2.05, 4.69) is 37.4 Å². The van der Waals surface area contributed by atoms with Crippen LogP contribution in [0.15, 0.2) is 48.5 Å². The van der Waals surface area contributed by atoms with Crippen LogP contribution in [0.5, 0.6) is 5.75 Å². The first-order valence-electron chi connectivity index (χ1n) is 6.81. The van der Waals surface area contributed by atoms with E-state index in [-0.39, 0.29) is 0 Å². The molecule has 0 bridgehead atoms. The molecule has 0 spiro atoms. The van der Waals surface area contributed by atoms with Gasteiger partial charge in [-0.15, -0.1) is 0 Å². The third-order valence-corrected chi connectivity index (χ3v) is 3.43. The molecule has 0 unspecified atom stereocenters. The number of nitrogens with one attached hydrogen (secondary N) is 1. The molecule has 0 saturated heterocycles. The molecule has 0 radical (unpaired) electrons. The zero-order valence-electron chi connectivity index (χ0n) is 11.6. The average Bonchev–Trinajstić information content (AvgIpc) is 2.45. The molecule has 2 aromatic carbocycles. The third-order valence-electron chi connectivity index (χ3n) is 3.43. The summed E-state index contributed by atoms with van der Waals surface area (Å²) in [6, 6.07) is 16.2. The summed E-state index contributed by atoms with van der Waals surface area (Å²) in [5, 5.41) is 13.1. The number of benzene rings is 2. The van der Waals surface area contributed by atoms with Gasteiger partial charge < -0.3 is 10.4 Å². The van der Waals surface area contributed by atoms with Gasteiger partial charge in [0.25, 0.3) is 0 Å². The summed E-state index contributed by atoms with van der Waals surface area (Å²) in [5.41, 5.74) is 3.49. The van der Waals surface area contributed by atoms with Crippen LogP contribution >= 0.6 is 0 Å².